The highest BCUT2D eigenvalue weighted by Crippen LogP contribution is 2.37. The van der Waals surface area contributed by atoms with E-state index in [0.29, 0.717) is 11.7 Å². The first-order valence-electron chi connectivity index (χ1n) is 8.01. The highest BCUT2D eigenvalue weighted by molar-refractivity contribution is 7.19. The first-order valence-corrected chi connectivity index (χ1v) is 9.71. The first kappa shape index (κ1) is 17.8. The summed E-state index contributed by atoms with van der Waals surface area (Å²) in [6.07, 6.45) is 1.80. The molecule has 2 aromatic heterocycles. The maximum absolute atomic E-state index is 11.8. The van der Waals surface area contributed by atoms with E-state index >= 15 is 0 Å². The predicted molar refractivity (Wildman–Crippen MR) is 99.2 cm³/mol. The standard InChI is InChI=1S/C16H20N4O3S2/c1-9-13(12-8-24-15(19-12)18-10(2)21)25-16(17-9)20-6-4-5-11(7-20)14(22)23-3/h8,11H,4-7H2,1-3H3,(H,18,19,21). The molecule has 1 aliphatic heterocycles. The SMILES string of the molecule is COC(=O)C1CCCN(c2nc(C)c(-c3csc(NC(C)=O)n3)s2)C1. The number of hydrogen-bond donors (Lipinski definition) is 1. The number of carbonyl (C=O) groups excluding carboxylic acids is 2. The minimum Gasteiger partial charge on any atom is -0.469 e. The number of aromatic nitrogens is 2. The Labute approximate surface area is 154 Å². The Morgan fingerprint density at radius 1 is 1.40 bits per heavy atom. The minimum absolute atomic E-state index is 0.1000. The molecule has 0 aliphatic carbocycles. The minimum atomic E-state index is -0.155. The van der Waals surface area contributed by atoms with Crippen LogP contribution >= 0.6 is 22.7 Å². The monoisotopic (exact) mass is 380 g/mol. The van der Waals surface area contributed by atoms with Crippen molar-refractivity contribution in [2.24, 2.45) is 5.92 Å². The Morgan fingerprint density at radius 3 is 2.92 bits per heavy atom. The van der Waals surface area contributed by atoms with Gasteiger partial charge in [0.05, 0.1) is 29.3 Å². The number of nitrogens with one attached hydrogen (secondary N) is 1. The molecule has 1 N–H and O–H groups in total. The third kappa shape index (κ3) is 3.98. The van der Waals surface area contributed by atoms with Gasteiger partial charge in [-0.05, 0) is 19.8 Å². The Hall–Kier alpha value is -2.00. The second-order valence-corrected chi connectivity index (χ2v) is 7.77. The molecule has 1 saturated heterocycles. The Morgan fingerprint density at radius 2 is 2.20 bits per heavy atom. The van der Waals surface area contributed by atoms with E-state index in [4.69, 9.17) is 4.74 Å². The molecule has 3 rings (SSSR count). The largest absolute Gasteiger partial charge is 0.469 e. The second-order valence-electron chi connectivity index (χ2n) is 5.94. The van der Waals surface area contributed by atoms with Gasteiger partial charge in [-0.3, -0.25) is 9.59 Å². The van der Waals surface area contributed by atoms with Gasteiger partial charge in [0.15, 0.2) is 10.3 Å². The van der Waals surface area contributed by atoms with Crippen LogP contribution in [0.5, 0.6) is 0 Å². The first-order chi connectivity index (χ1) is 12.0. The zero-order valence-corrected chi connectivity index (χ0v) is 16.0. The highest BCUT2D eigenvalue weighted by atomic mass is 32.1. The molecule has 0 spiro atoms. The summed E-state index contributed by atoms with van der Waals surface area (Å²) >= 11 is 2.96. The number of ether oxygens (including phenoxy) is 1. The molecule has 25 heavy (non-hydrogen) atoms. The molecule has 0 aromatic carbocycles. The van der Waals surface area contributed by atoms with Crippen LogP contribution in [0.2, 0.25) is 0 Å². The maximum Gasteiger partial charge on any atom is 0.310 e. The number of methoxy groups -OCH3 is 1. The molecule has 0 saturated carbocycles. The van der Waals surface area contributed by atoms with Crippen LogP contribution in [-0.4, -0.2) is 42.0 Å². The van der Waals surface area contributed by atoms with Gasteiger partial charge in [0.1, 0.15) is 0 Å². The summed E-state index contributed by atoms with van der Waals surface area (Å²) in [6.45, 7) is 4.93. The molecule has 3 heterocycles. The van der Waals surface area contributed by atoms with Crippen LogP contribution in [0, 0.1) is 12.8 Å². The van der Waals surface area contributed by atoms with Crippen molar-refractivity contribution >= 4 is 44.8 Å². The van der Waals surface area contributed by atoms with Gasteiger partial charge >= 0.3 is 5.97 Å². The van der Waals surface area contributed by atoms with E-state index in [1.165, 1.54) is 25.4 Å². The van der Waals surface area contributed by atoms with Gasteiger partial charge in [0.25, 0.3) is 0 Å². The average Bonchev–Trinajstić information content (AvgIpc) is 3.20. The van der Waals surface area contributed by atoms with Gasteiger partial charge < -0.3 is 15.0 Å². The van der Waals surface area contributed by atoms with Gasteiger partial charge in [-0.2, -0.15) is 0 Å². The molecular weight excluding hydrogens is 360 g/mol. The molecule has 1 fully saturated rings. The number of rotatable bonds is 4. The van der Waals surface area contributed by atoms with Crippen molar-refractivity contribution in [3.63, 3.8) is 0 Å². The van der Waals surface area contributed by atoms with Crippen LogP contribution in [0.15, 0.2) is 5.38 Å². The molecule has 2 aromatic rings. The van der Waals surface area contributed by atoms with Crippen molar-refractivity contribution in [1.29, 1.82) is 0 Å². The van der Waals surface area contributed by atoms with E-state index in [2.05, 4.69) is 20.2 Å². The molecule has 0 radical (unpaired) electrons. The average molecular weight is 380 g/mol. The summed E-state index contributed by atoms with van der Waals surface area (Å²) in [5, 5.41) is 6.10. The molecule has 1 unspecified atom stereocenters. The van der Waals surface area contributed by atoms with E-state index < -0.39 is 0 Å². The van der Waals surface area contributed by atoms with Gasteiger partial charge in [-0.25, -0.2) is 9.97 Å². The van der Waals surface area contributed by atoms with E-state index in [0.717, 1.165) is 40.8 Å². The predicted octanol–water partition coefficient (Wildman–Crippen LogP) is 2.92. The number of thiazole rings is 2. The molecule has 9 heteroatoms. The Bertz CT molecular complexity index is 786. The highest BCUT2D eigenvalue weighted by Gasteiger charge is 2.28. The van der Waals surface area contributed by atoms with Crippen LogP contribution in [0.3, 0.4) is 0 Å². The second kappa shape index (κ2) is 7.49. The number of anilines is 2. The van der Waals surface area contributed by atoms with Crippen molar-refractivity contribution in [3.05, 3.63) is 11.1 Å². The van der Waals surface area contributed by atoms with E-state index in [9.17, 15) is 9.59 Å². The van der Waals surface area contributed by atoms with Crippen molar-refractivity contribution in [2.75, 3.05) is 30.4 Å². The number of aryl methyl sites for hydroxylation is 1. The summed E-state index contributed by atoms with van der Waals surface area (Å²) in [4.78, 5) is 35.2. The Balaban J connectivity index is 1.79. The van der Waals surface area contributed by atoms with Crippen LogP contribution in [0.4, 0.5) is 10.3 Å². The fraction of sp³-hybridized carbons (Fsp3) is 0.500. The number of piperidine rings is 1. The van der Waals surface area contributed by atoms with Crippen LogP contribution < -0.4 is 10.2 Å². The molecule has 0 bridgehead atoms. The fourth-order valence-electron chi connectivity index (χ4n) is 2.85. The number of nitrogens with zero attached hydrogens (tertiary/aromatic N) is 3. The van der Waals surface area contributed by atoms with E-state index in [1.807, 2.05) is 12.3 Å². The summed E-state index contributed by atoms with van der Waals surface area (Å²) in [5.74, 6) is -0.389. The normalized spacial score (nSPS) is 17.4. The van der Waals surface area contributed by atoms with Crippen molar-refractivity contribution in [1.82, 2.24) is 9.97 Å². The zero-order valence-electron chi connectivity index (χ0n) is 14.4. The smallest absolute Gasteiger partial charge is 0.310 e. The van der Waals surface area contributed by atoms with Crippen molar-refractivity contribution < 1.29 is 14.3 Å². The van der Waals surface area contributed by atoms with Gasteiger partial charge in [0.2, 0.25) is 5.91 Å². The van der Waals surface area contributed by atoms with Crippen LogP contribution in [0.1, 0.15) is 25.5 Å². The number of amides is 1. The molecule has 1 atom stereocenters. The molecule has 1 amide bonds. The summed E-state index contributed by atoms with van der Waals surface area (Å²) in [7, 11) is 1.43. The molecule has 7 nitrogen and oxygen atoms in total. The van der Waals surface area contributed by atoms with Crippen LogP contribution in [0.25, 0.3) is 10.6 Å². The summed E-state index contributed by atoms with van der Waals surface area (Å²) < 4.78 is 4.88. The zero-order chi connectivity index (χ0) is 18.0. The summed E-state index contributed by atoms with van der Waals surface area (Å²) in [6, 6.07) is 0. The maximum atomic E-state index is 11.8. The molecule has 134 valence electrons. The molecule has 1 aliphatic rings. The van der Waals surface area contributed by atoms with Gasteiger partial charge in [-0.15, -0.1) is 11.3 Å². The lowest BCUT2D eigenvalue weighted by Gasteiger charge is -2.30. The third-order valence-electron chi connectivity index (χ3n) is 4.03. The van der Waals surface area contributed by atoms with Gasteiger partial charge in [-0.1, -0.05) is 11.3 Å². The number of hydrogen-bond acceptors (Lipinski definition) is 8. The summed E-state index contributed by atoms with van der Waals surface area (Å²) in [5.41, 5.74) is 1.72. The van der Waals surface area contributed by atoms with Crippen LogP contribution in [-0.2, 0) is 14.3 Å². The third-order valence-corrected chi connectivity index (χ3v) is 6.03. The van der Waals surface area contributed by atoms with Crippen molar-refractivity contribution in [2.45, 2.75) is 26.7 Å². The molecular formula is C16H20N4O3S2. The lowest BCUT2D eigenvalue weighted by Crippen LogP contribution is -2.39. The number of carbonyl (C=O) groups is 2. The van der Waals surface area contributed by atoms with Crippen molar-refractivity contribution in [3.8, 4) is 10.6 Å². The number of esters is 1. The van der Waals surface area contributed by atoms with E-state index in [1.54, 1.807) is 11.3 Å². The Kier molecular flexibility index (Phi) is 5.33. The quantitative estimate of drug-likeness (QED) is 0.821. The lowest BCUT2D eigenvalue weighted by atomic mass is 9.99. The topological polar surface area (TPSA) is 84.4 Å². The lowest BCUT2D eigenvalue weighted by molar-refractivity contribution is -0.145. The van der Waals surface area contributed by atoms with E-state index in [-0.39, 0.29) is 17.8 Å². The van der Waals surface area contributed by atoms with Gasteiger partial charge in [0, 0.05) is 25.4 Å². The fourth-order valence-corrected chi connectivity index (χ4v) is 4.74.